The summed E-state index contributed by atoms with van der Waals surface area (Å²) in [7, 11) is 0. The zero-order valence-electron chi connectivity index (χ0n) is 22.3. The summed E-state index contributed by atoms with van der Waals surface area (Å²) in [6.45, 7) is 12.5. The predicted molar refractivity (Wildman–Crippen MR) is 123 cm³/mol. The van der Waals surface area contributed by atoms with Gasteiger partial charge in [-0.3, -0.25) is 14.4 Å². The molecule has 1 aliphatic heterocycles. The summed E-state index contributed by atoms with van der Waals surface area (Å²) in [5, 5.41) is 0. The lowest BCUT2D eigenvalue weighted by molar-refractivity contribution is -0.309. The molecule has 11 nitrogen and oxygen atoms in total. The van der Waals surface area contributed by atoms with Crippen LogP contribution in [0.2, 0.25) is 0 Å². The number of hydrogen-bond donors (Lipinski definition) is 0. The van der Waals surface area contributed by atoms with E-state index in [0.717, 1.165) is 13.8 Å². The van der Waals surface area contributed by atoms with Crippen LogP contribution in [0.5, 0.6) is 0 Å². The van der Waals surface area contributed by atoms with Crippen molar-refractivity contribution in [1.82, 2.24) is 0 Å². The van der Waals surface area contributed by atoms with Crippen molar-refractivity contribution < 1.29 is 52.4 Å². The van der Waals surface area contributed by atoms with Gasteiger partial charge in [0.15, 0.2) is 12.2 Å². The Hall–Kier alpha value is -2.53. The van der Waals surface area contributed by atoms with Crippen molar-refractivity contribution in [2.75, 3.05) is 0 Å². The van der Waals surface area contributed by atoms with Crippen molar-refractivity contribution in [2.45, 2.75) is 118 Å². The van der Waals surface area contributed by atoms with Crippen LogP contribution < -0.4 is 0 Å². The van der Waals surface area contributed by atoms with Gasteiger partial charge in [0.1, 0.15) is 5.78 Å². The zero-order valence-corrected chi connectivity index (χ0v) is 22.3. The maximum atomic E-state index is 13.3. The SMILES string of the molecule is CC(=O)O[C@@H](C)C(=O)O[C@H]1C[C@]2(C)[C@@H](OC(C)(C)C)CCCC(=O)[C@@H]2[C@H](OC(=O)[C@H](C)OC(C)=O)O1. The number of rotatable bonds is 7. The predicted octanol–water partition coefficient (Wildman–Crippen LogP) is 2.61. The van der Waals surface area contributed by atoms with E-state index < -0.39 is 71.7 Å². The Morgan fingerprint density at radius 1 is 0.972 bits per heavy atom. The topological polar surface area (TPSA) is 141 Å². The first kappa shape index (κ1) is 29.7. The van der Waals surface area contributed by atoms with Crippen molar-refractivity contribution in [3.05, 3.63) is 0 Å². The van der Waals surface area contributed by atoms with Crippen LogP contribution in [0.1, 0.15) is 81.1 Å². The minimum atomic E-state index is -1.42. The lowest BCUT2D eigenvalue weighted by Crippen LogP contribution is -2.58. The highest BCUT2D eigenvalue weighted by atomic mass is 16.8. The van der Waals surface area contributed by atoms with E-state index in [0.29, 0.717) is 12.8 Å². The van der Waals surface area contributed by atoms with Crippen molar-refractivity contribution in [3.8, 4) is 0 Å². The third-order valence-corrected chi connectivity index (χ3v) is 6.17. The molecule has 36 heavy (non-hydrogen) atoms. The standard InChI is InChI=1S/C25H38O11/c1-13(31-15(3)26)21(29)33-19-12-25(8)18(36-24(5,6)7)11-9-10-17(28)20(25)23(34-19)35-22(30)14(2)32-16(4)27/h13-14,18-20,23H,9-12H2,1-8H3/t13-,14-,18-,19+,20+,23-,25+/m0/s1. The van der Waals surface area contributed by atoms with E-state index in [9.17, 15) is 24.0 Å². The van der Waals surface area contributed by atoms with Gasteiger partial charge in [-0.25, -0.2) is 9.59 Å². The van der Waals surface area contributed by atoms with Gasteiger partial charge in [-0.2, -0.15) is 0 Å². The first-order chi connectivity index (χ1) is 16.5. The molecule has 1 saturated carbocycles. The molecule has 204 valence electrons. The second-order valence-electron chi connectivity index (χ2n) is 10.6. The summed E-state index contributed by atoms with van der Waals surface area (Å²) >= 11 is 0. The number of Topliss-reactive ketones (excluding diaryl/α,β-unsaturated/α-hetero) is 1. The second-order valence-corrected chi connectivity index (χ2v) is 10.6. The fourth-order valence-corrected chi connectivity index (χ4v) is 4.69. The molecule has 1 aliphatic carbocycles. The molecule has 2 fully saturated rings. The van der Waals surface area contributed by atoms with E-state index in [1.165, 1.54) is 13.8 Å². The third kappa shape index (κ3) is 7.73. The summed E-state index contributed by atoms with van der Waals surface area (Å²) in [5.41, 5.74) is -1.49. The van der Waals surface area contributed by atoms with Crippen LogP contribution in [0.3, 0.4) is 0 Å². The van der Waals surface area contributed by atoms with E-state index in [1.807, 2.05) is 27.7 Å². The van der Waals surface area contributed by atoms with E-state index in [2.05, 4.69) is 0 Å². The molecule has 0 N–H and O–H groups in total. The highest BCUT2D eigenvalue weighted by Gasteiger charge is 2.58. The smallest absolute Gasteiger partial charge is 0.349 e. The first-order valence-electron chi connectivity index (χ1n) is 12.1. The zero-order chi connectivity index (χ0) is 27.4. The van der Waals surface area contributed by atoms with Crippen LogP contribution in [-0.4, -0.2) is 66.2 Å². The quantitative estimate of drug-likeness (QED) is 0.366. The van der Waals surface area contributed by atoms with Crippen molar-refractivity contribution in [3.63, 3.8) is 0 Å². The van der Waals surface area contributed by atoms with Crippen LogP contribution in [-0.2, 0) is 52.4 Å². The minimum Gasteiger partial charge on any atom is -0.451 e. The fraction of sp³-hybridized carbons (Fsp3) is 0.800. The molecule has 1 heterocycles. The second kappa shape index (κ2) is 11.7. The van der Waals surface area contributed by atoms with E-state index in [-0.39, 0.29) is 18.6 Å². The lowest BCUT2D eigenvalue weighted by atomic mass is 9.67. The van der Waals surface area contributed by atoms with Crippen LogP contribution in [0.25, 0.3) is 0 Å². The maximum Gasteiger partial charge on any atom is 0.349 e. The third-order valence-electron chi connectivity index (χ3n) is 6.17. The Kier molecular flexibility index (Phi) is 9.64. The summed E-state index contributed by atoms with van der Waals surface area (Å²) in [4.78, 5) is 61.1. The number of carbonyl (C=O) groups is 5. The average molecular weight is 515 g/mol. The van der Waals surface area contributed by atoms with Gasteiger partial charge in [0.25, 0.3) is 0 Å². The summed E-state index contributed by atoms with van der Waals surface area (Å²) in [5.74, 6) is -4.19. The normalized spacial score (nSPS) is 30.2. The van der Waals surface area contributed by atoms with Crippen molar-refractivity contribution >= 4 is 29.7 Å². The van der Waals surface area contributed by atoms with Gasteiger partial charge in [0, 0.05) is 32.1 Å². The van der Waals surface area contributed by atoms with Crippen LogP contribution in [0.15, 0.2) is 0 Å². The molecule has 0 aromatic heterocycles. The Balaban J connectivity index is 2.41. The van der Waals surface area contributed by atoms with Crippen LogP contribution in [0, 0.1) is 11.3 Å². The molecule has 0 aromatic rings. The van der Waals surface area contributed by atoms with Gasteiger partial charge in [0.2, 0.25) is 12.6 Å². The molecular formula is C25H38O11. The van der Waals surface area contributed by atoms with Gasteiger partial charge in [-0.15, -0.1) is 0 Å². The van der Waals surface area contributed by atoms with Crippen LogP contribution in [0.4, 0.5) is 0 Å². The number of ether oxygens (including phenoxy) is 6. The highest BCUT2D eigenvalue weighted by molar-refractivity contribution is 5.84. The molecule has 1 saturated heterocycles. The summed E-state index contributed by atoms with van der Waals surface area (Å²) < 4.78 is 33.0. The fourth-order valence-electron chi connectivity index (χ4n) is 4.69. The summed E-state index contributed by atoms with van der Waals surface area (Å²) in [6, 6.07) is 0. The Labute approximate surface area is 211 Å². The van der Waals surface area contributed by atoms with Crippen molar-refractivity contribution in [2.24, 2.45) is 11.3 Å². The molecule has 7 atom stereocenters. The Morgan fingerprint density at radius 2 is 1.50 bits per heavy atom. The number of fused-ring (bicyclic) bond motifs is 1. The van der Waals surface area contributed by atoms with Gasteiger partial charge in [-0.05, 0) is 47.5 Å². The number of carbonyl (C=O) groups excluding carboxylic acids is 5. The van der Waals surface area contributed by atoms with Crippen molar-refractivity contribution in [1.29, 1.82) is 0 Å². The molecule has 0 aromatic carbocycles. The van der Waals surface area contributed by atoms with Gasteiger partial charge < -0.3 is 28.4 Å². The minimum absolute atomic E-state index is 0.0796. The van der Waals surface area contributed by atoms with E-state index in [1.54, 1.807) is 0 Å². The molecule has 0 unspecified atom stereocenters. The maximum absolute atomic E-state index is 13.3. The van der Waals surface area contributed by atoms with Gasteiger partial charge >= 0.3 is 23.9 Å². The number of ketones is 1. The molecular weight excluding hydrogens is 476 g/mol. The monoisotopic (exact) mass is 514 g/mol. The van der Waals surface area contributed by atoms with E-state index >= 15 is 0 Å². The molecule has 0 radical (unpaired) electrons. The lowest BCUT2D eigenvalue weighted by Gasteiger charge is -2.50. The largest absolute Gasteiger partial charge is 0.451 e. The number of hydrogen-bond acceptors (Lipinski definition) is 11. The van der Waals surface area contributed by atoms with Crippen LogP contribution >= 0.6 is 0 Å². The van der Waals surface area contributed by atoms with Gasteiger partial charge in [0.05, 0.1) is 17.6 Å². The molecule has 0 spiro atoms. The molecule has 2 rings (SSSR count). The average Bonchev–Trinajstić information content (AvgIpc) is 2.81. The molecule has 0 amide bonds. The Morgan fingerprint density at radius 3 is 2.00 bits per heavy atom. The molecule has 11 heteroatoms. The Bertz CT molecular complexity index is 861. The molecule has 0 bridgehead atoms. The van der Waals surface area contributed by atoms with Gasteiger partial charge in [-0.1, -0.05) is 6.92 Å². The first-order valence-corrected chi connectivity index (χ1v) is 12.1. The number of esters is 4. The van der Waals surface area contributed by atoms with E-state index in [4.69, 9.17) is 28.4 Å². The summed E-state index contributed by atoms with van der Waals surface area (Å²) in [6.07, 6.45) is -4.10. The highest BCUT2D eigenvalue weighted by Crippen LogP contribution is 2.50. The molecule has 2 aliphatic rings.